The molecule has 1 N–H and O–H groups in total. The van der Waals surface area contributed by atoms with Crippen LogP contribution in [0.15, 0.2) is 43.0 Å². The summed E-state index contributed by atoms with van der Waals surface area (Å²) < 4.78 is 5.46. The smallest absolute Gasteiger partial charge is 0.417 e. The van der Waals surface area contributed by atoms with E-state index in [4.69, 9.17) is 4.74 Å². The first-order chi connectivity index (χ1) is 14.0. The number of hydrogen-bond donors (Lipinski definition) is 1. The lowest BCUT2D eigenvalue weighted by Gasteiger charge is -2.31. The topological polar surface area (TPSA) is 83.9 Å². The molecule has 0 heterocycles. The molecule has 0 radical (unpaired) electrons. The standard InChI is InChI=1S/C24H35NO5/c1-7-11-19(22(27)28)20(16-17(2)3)21(26)25(23(29)30-24(4,5)6)15-14-18-12-9-8-10-13-18/h7-10,12-13,17,19-20H,1,11,14-16H2,2-6H3,(H,27,28)/t19-,20?/m0/s1. The van der Waals surface area contributed by atoms with Crippen molar-refractivity contribution in [3.63, 3.8) is 0 Å². The highest BCUT2D eigenvalue weighted by atomic mass is 16.6. The third kappa shape index (κ3) is 8.39. The highest BCUT2D eigenvalue weighted by molar-refractivity contribution is 5.95. The summed E-state index contributed by atoms with van der Waals surface area (Å²) in [4.78, 5) is 39.3. The van der Waals surface area contributed by atoms with Gasteiger partial charge in [0.15, 0.2) is 0 Å². The van der Waals surface area contributed by atoms with Crippen molar-refractivity contribution in [2.45, 2.75) is 59.5 Å². The quantitative estimate of drug-likeness (QED) is 0.546. The molecule has 2 atom stereocenters. The van der Waals surface area contributed by atoms with E-state index in [2.05, 4.69) is 6.58 Å². The maximum atomic E-state index is 13.5. The number of benzene rings is 1. The summed E-state index contributed by atoms with van der Waals surface area (Å²) >= 11 is 0. The summed E-state index contributed by atoms with van der Waals surface area (Å²) in [6.45, 7) is 12.8. The van der Waals surface area contributed by atoms with E-state index in [1.165, 1.54) is 6.08 Å². The molecule has 0 aliphatic heterocycles. The lowest BCUT2D eigenvalue weighted by molar-refractivity contribution is -0.150. The average molecular weight is 418 g/mol. The average Bonchev–Trinajstić information content (AvgIpc) is 2.63. The lowest BCUT2D eigenvalue weighted by Crippen LogP contribution is -2.47. The molecule has 1 aromatic rings. The molecule has 0 spiro atoms. The van der Waals surface area contributed by atoms with Gasteiger partial charge in [-0.15, -0.1) is 6.58 Å². The van der Waals surface area contributed by atoms with Gasteiger partial charge in [-0.25, -0.2) is 9.69 Å². The van der Waals surface area contributed by atoms with Crippen molar-refractivity contribution in [3.8, 4) is 0 Å². The zero-order valence-corrected chi connectivity index (χ0v) is 18.8. The highest BCUT2D eigenvalue weighted by Crippen LogP contribution is 2.27. The van der Waals surface area contributed by atoms with Crippen molar-refractivity contribution in [2.75, 3.05) is 6.54 Å². The van der Waals surface area contributed by atoms with E-state index in [0.717, 1.165) is 10.5 Å². The van der Waals surface area contributed by atoms with Crippen LogP contribution in [0.4, 0.5) is 4.79 Å². The predicted molar refractivity (Wildman–Crippen MR) is 117 cm³/mol. The van der Waals surface area contributed by atoms with Crippen molar-refractivity contribution >= 4 is 18.0 Å². The fourth-order valence-electron chi connectivity index (χ4n) is 3.26. The number of carboxylic acids is 1. The van der Waals surface area contributed by atoms with Gasteiger partial charge in [0, 0.05) is 6.54 Å². The van der Waals surface area contributed by atoms with Crippen LogP contribution in [0.25, 0.3) is 0 Å². The van der Waals surface area contributed by atoms with Gasteiger partial charge in [-0.3, -0.25) is 9.59 Å². The molecule has 1 unspecified atom stereocenters. The first-order valence-corrected chi connectivity index (χ1v) is 10.4. The Kier molecular flexibility index (Phi) is 9.76. The molecule has 2 amide bonds. The Labute approximate surface area is 179 Å². The zero-order valence-electron chi connectivity index (χ0n) is 18.8. The second-order valence-corrected chi connectivity index (χ2v) is 8.91. The van der Waals surface area contributed by atoms with Crippen LogP contribution in [0.1, 0.15) is 53.0 Å². The van der Waals surface area contributed by atoms with Crippen molar-refractivity contribution in [2.24, 2.45) is 17.8 Å². The van der Waals surface area contributed by atoms with Crippen LogP contribution in [0.3, 0.4) is 0 Å². The number of rotatable bonds is 10. The van der Waals surface area contributed by atoms with Crippen LogP contribution in [0.5, 0.6) is 0 Å². The Balaban J connectivity index is 3.23. The summed E-state index contributed by atoms with van der Waals surface area (Å²) in [6, 6.07) is 9.51. The number of aliphatic carboxylic acids is 1. The Bertz CT molecular complexity index is 721. The molecular formula is C24H35NO5. The van der Waals surface area contributed by atoms with E-state index in [1.54, 1.807) is 20.8 Å². The van der Waals surface area contributed by atoms with Crippen LogP contribution >= 0.6 is 0 Å². The summed E-state index contributed by atoms with van der Waals surface area (Å²) in [6.07, 6.45) is 1.72. The van der Waals surface area contributed by atoms with Crippen LogP contribution in [0.2, 0.25) is 0 Å². The maximum absolute atomic E-state index is 13.5. The van der Waals surface area contributed by atoms with Gasteiger partial charge in [0.05, 0.1) is 11.8 Å². The monoisotopic (exact) mass is 417 g/mol. The van der Waals surface area contributed by atoms with Gasteiger partial charge in [-0.2, -0.15) is 0 Å². The third-order valence-corrected chi connectivity index (χ3v) is 4.61. The molecule has 0 saturated heterocycles. The van der Waals surface area contributed by atoms with E-state index in [1.807, 2.05) is 44.2 Å². The number of carbonyl (C=O) groups is 3. The van der Waals surface area contributed by atoms with Gasteiger partial charge in [0.2, 0.25) is 5.91 Å². The van der Waals surface area contributed by atoms with E-state index in [0.29, 0.717) is 12.8 Å². The Morgan fingerprint density at radius 2 is 1.73 bits per heavy atom. The molecule has 0 aliphatic carbocycles. The van der Waals surface area contributed by atoms with E-state index < -0.39 is 35.4 Å². The molecule has 0 bridgehead atoms. The normalized spacial score (nSPS) is 13.4. The molecule has 6 heteroatoms. The number of hydrogen-bond acceptors (Lipinski definition) is 4. The second kappa shape index (κ2) is 11.5. The molecule has 0 aromatic heterocycles. The van der Waals surface area contributed by atoms with Crippen molar-refractivity contribution in [1.29, 1.82) is 0 Å². The first-order valence-electron chi connectivity index (χ1n) is 10.4. The first kappa shape index (κ1) is 25.4. The minimum absolute atomic E-state index is 0.0835. The van der Waals surface area contributed by atoms with Crippen LogP contribution in [-0.2, 0) is 20.7 Å². The van der Waals surface area contributed by atoms with Gasteiger partial charge in [0.25, 0.3) is 0 Å². The summed E-state index contributed by atoms with van der Waals surface area (Å²) in [5, 5.41) is 9.72. The predicted octanol–water partition coefficient (Wildman–Crippen LogP) is 4.93. The fourth-order valence-corrected chi connectivity index (χ4v) is 3.26. The Morgan fingerprint density at radius 3 is 2.20 bits per heavy atom. The highest BCUT2D eigenvalue weighted by Gasteiger charge is 2.39. The van der Waals surface area contributed by atoms with Crippen molar-refractivity contribution < 1.29 is 24.2 Å². The molecule has 166 valence electrons. The molecule has 0 fully saturated rings. The number of carbonyl (C=O) groups excluding carboxylic acids is 2. The minimum atomic E-state index is -1.07. The van der Waals surface area contributed by atoms with E-state index in [9.17, 15) is 19.5 Å². The van der Waals surface area contributed by atoms with E-state index >= 15 is 0 Å². The molecule has 1 rings (SSSR count). The second-order valence-electron chi connectivity index (χ2n) is 8.91. The summed E-state index contributed by atoms with van der Waals surface area (Å²) in [5.41, 5.74) is 0.198. The third-order valence-electron chi connectivity index (χ3n) is 4.61. The maximum Gasteiger partial charge on any atom is 0.417 e. The van der Waals surface area contributed by atoms with Gasteiger partial charge in [0.1, 0.15) is 5.60 Å². The molecule has 30 heavy (non-hydrogen) atoms. The van der Waals surface area contributed by atoms with Crippen molar-refractivity contribution in [3.05, 3.63) is 48.6 Å². The number of ether oxygens (including phenoxy) is 1. The van der Waals surface area contributed by atoms with Gasteiger partial charge in [-0.1, -0.05) is 50.3 Å². The van der Waals surface area contributed by atoms with E-state index in [-0.39, 0.29) is 18.9 Å². The number of amides is 2. The molecule has 0 saturated carbocycles. The SMILES string of the molecule is C=CC[C@H](C(=O)O)C(CC(C)C)C(=O)N(CCc1ccccc1)C(=O)OC(C)(C)C. The minimum Gasteiger partial charge on any atom is -0.481 e. The molecule has 6 nitrogen and oxygen atoms in total. The molecule has 0 aliphatic rings. The van der Waals surface area contributed by atoms with Crippen LogP contribution in [0, 0.1) is 17.8 Å². The number of carboxylic acid groups (broad SMARTS) is 1. The fraction of sp³-hybridized carbons (Fsp3) is 0.542. The molecule has 1 aromatic carbocycles. The zero-order chi connectivity index (χ0) is 22.9. The van der Waals surface area contributed by atoms with Crippen LogP contribution in [-0.4, -0.2) is 40.1 Å². The lowest BCUT2D eigenvalue weighted by atomic mass is 9.82. The van der Waals surface area contributed by atoms with Crippen LogP contribution < -0.4 is 0 Å². The molecular weight excluding hydrogens is 382 g/mol. The number of allylic oxidation sites excluding steroid dienone is 1. The van der Waals surface area contributed by atoms with Crippen molar-refractivity contribution in [1.82, 2.24) is 4.90 Å². The Morgan fingerprint density at radius 1 is 1.13 bits per heavy atom. The number of nitrogens with zero attached hydrogens (tertiary/aromatic N) is 1. The Hall–Kier alpha value is -2.63. The van der Waals surface area contributed by atoms with Gasteiger partial charge in [-0.05, 0) is 51.5 Å². The largest absolute Gasteiger partial charge is 0.481 e. The summed E-state index contributed by atoms with van der Waals surface area (Å²) in [5.74, 6) is -3.28. The summed E-state index contributed by atoms with van der Waals surface area (Å²) in [7, 11) is 0. The number of imide groups is 1. The van der Waals surface area contributed by atoms with Gasteiger partial charge >= 0.3 is 12.1 Å². The van der Waals surface area contributed by atoms with Gasteiger partial charge < -0.3 is 9.84 Å².